The SMILES string of the molecule is NC(CC1CCOCC1)c1ccc(Br)s1. The van der Waals surface area contributed by atoms with E-state index >= 15 is 0 Å². The van der Waals surface area contributed by atoms with Crippen LogP contribution in [0.15, 0.2) is 15.9 Å². The molecule has 1 saturated heterocycles. The van der Waals surface area contributed by atoms with Crippen LogP contribution in [0.5, 0.6) is 0 Å². The molecule has 0 saturated carbocycles. The molecule has 0 bridgehead atoms. The van der Waals surface area contributed by atoms with Crippen LogP contribution in [0.25, 0.3) is 0 Å². The molecule has 0 aliphatic carbocycles. The Bertz CT molecular complexity index is 309. The van der Waals surface area contributed by atoms with E-state index in [9.17, 15) is 0 Å². The average molecular weight is 290 g/mol. The highest BCUT2D eigenvalue weighted by molar-refractivity contribution is 9.11. The normalized spacial score (nSPS) is 20.4. The first kappa shape index (κ1) is 11.6. The Morgan fingerprint density at radius 2 is 2.20 bits per heavy atom. The van der Waals surface area contributed by atoms with Crippen LogP contribution in [0.1, 0.15) is 30.2 Å². The number of rotatable bonds is 3. The molecule has 1 aromatic rings. The molecule has 2 rings (SSSR count). The summed E-state index contributed by atoms with van der Waals surface area (Å²) in [4.78, 5) is 1.29. The van der Waals surface area contributed by atoms with Gasteiger partial charge in [0.1, 0.15) is 0 Å². The van der Waals surface area contributed by atoms with Gasteiger partial charge in [-0.1, -0.05) is 0 Å². The fourth-order valence-corrected chi connectivity index (χ4v) is 3.42. The molecule has 2 nitrogen and oxygen atoms in total. The first-order valence-electron chi connectivity index (χ1n) is 5.34. The van der Waals surface area contributed by atoms with Gasteiger partial charge < -0.3 is 10.5 Å². The van der Waals surface area contributed by atoms with Crippen molar-refractivity contribution in [2.45, 2.75) is 25.3 Å². The molecule has 1 fully saturated rings. The lowest BCUT2D eigenvalue weighted by Crippen LogP contribution is -2.21. The summed E-state index contributed by atoms with van der Waals surface area (Å²) in [5, 5.41) is 0. The Kier molecular flexibility index (Phi) is 4.20. The minimum atomic E-state index is 0.199. The molecule has 1 aliphatic heterocycles. The quantitative estimate of drug-likeness (QED) is 0.926. The molecule has 2 heterocycles. The molecule has 1 aliphatic rings. The van der Waals surface area contributed by atoms with E-state index in [1.54, 1.807) is 11.3 Å². The number of halogens is 1. The molecule has 1 aromatic heterocycles. The fraction of sp³-hybridized carbons (Fsp3) is 0.636. The Balaban J connectivity index is 1.88. The molecule has 1 unspecified atom stereocenters. The van der Waals surface area contributed by atoms with Crippen molar-refractivity contribution in [2.24, 2.45) is 11.7 Å². The molecule has 15 heavy (non-hydrogen) atoms. The van der Waals surface area contributed by atoms with Gasteiger partial charge in [-0.3, -0.25) is 0 Å². The number of nitrogens with two attached hydrogens (primary N) is 1. The predicted octanol–water partition coefficient (Wildman–Crippen LogP) is 3.33. The second-order valence-corrected chi connectivity index (χ2v) is 6.53. The number of hydrogen-bond acceptors (Lipinski definition) is 3. The highest BCUT2D eigenvalue weighted by Gasteiger charge is 2.18. The smallest absolute Gasteiger partial charge is 0.0701 e. The van der Waals surface area contributed by atoms with Gasteiger partial charge in [-0.05, 0) is 53.2 Å². The minimum Gasteiger partial charge on any atom is -0.381 e. The van der Waals surface area contributed by atoms with Crippen molar-refractivity contribution in [3.8, 4) is 0 Å². The van der Waals surface area contributed by atoms with Gasteiger partial charge in [-0.25, -0.2) is 0 Å². The minimum absolute atomic E-state index is 0.199. The summed E-state index contributed by atoms with van der Waals surface area (Å²) in [6.45, 7) is 1.82. The summed E-state index contributed by atoms with van der Waals surface area (Å²) < 4.78 is 6.51. The molecule has 0 spiro atoms. The van der Waals surface area contributed by atoms with Crippen molar-refractivity contribution in [2.75, 3.05) is 13.2 Å². The Morgan fingerprint density at radius 3 is 2.80 bits per heavy atom. The second kappa shape index (κ2) is 5.43. The van der Waals surface area contributed by atoms with E-state index in [4.69, 9.17) is 10.5 Å². The van der Waals surface area contributed by atoms with Crippen LogP contribution in [0.4, 0.5) is 0 Å². The van der Waals surface area contributed by atoms with Gasteiger partial charge in [0.05, 0.1) is 3.79 Å². The molecule has 0 radical (unpaired) electrons. The van der Waals surface area contributed by atoms with Crippen molar-refractivity contribution >= 4 is 27.3 Å². The van der Waals surface area contributed by atoms with Crippen molar-refractivity contribution in [3.05, 3.63) is 20.8 Å². The third kappa shape index (κ3) is 3.28. The van der Waals surface area contributed by atoms with Gasteiger partial charge in [0.15, 0.2) is 0 Å². The van der Waals surface area contributed by atoms with Crippen molar-refractivity contribution in [3.63, 3.8) is 0 Å². The van der Waals surface area contributed by atoms with Crippen molar-refractivity contribution in [1.82, 2.24) is 0 Å². The zero-order valence-corrected chi connectivity index (χ0v) is 11.0. The maximum Gasteiger partial charge on any atom is 0.0701 e. The number of thiophene rings is 1. The molecule has 1 atom stereocenters. The van der Waals surface area contributed by atoms with Crippen LogP contribution in [0, 0.1) is 5.92 Å². The number of ether oxygens (including phenoxy) is 1. The summed E-state index contributed by atoms with van der Waals surface area (Å²) >= 11 is 5.21. The highest BCUT2D eigenvalue weighted by atomic mass is 79.9. The summed E-state index contributed by atoms with van der Waals surface area (Å²) in [5.74, 6) is 0.745. The predicted molar refractivity (Wildman–Crippen MR) is 67.1 cm³/mol. The molecular weight excluding hydrogens is 274 g/mol. The summed E-state index contributed by atoms with van der Waals surface area (Å²) in [6.07, 6.45) is 3.43. The average Bonchev–Trinajstić information content (AvgIpc) is 2.66. The van der Waals surface area contributed by atoms with Crippen LogP contribution < -0.4 is 5.73 Å². The lowest BCUT2D eigenvalue weighted by Gasteiger charge is -2.24. The van der Waals surface area contributed by atoms with E-state index in [2.05, 4.69) is 28.1 Å². The Morgan fingerprint density at radius 1 is 1.47 bits per heavy atom. The van der Waals surface area contributed by atoms with Crippen molar-refractivity contribution in [1.29, 1.82) is 0 Å². The Hall–Kier alpha value is 0.1000. The van der Waals surface area contributed by atoms with E-state index in [-0.39, 0.29) is 6.04 Å². The monoisotopic (exact) mass is 289 g/mol. The van der Waals surface area contributed by atoms with Gasteiger partial charge >= 0.3 is 0 Å². The van der Waals surface area contributed by atoms with Gasteiger partial charge in [0.25, 0.3) is 0 Å². The maximum absolute atomic E-state index is 6.19. The van der Waals surface area contributed by atoms with Gasteiger partial charge in [-0.2, -0.15) is 0 Å². The third-order valence-electron chi connectivity index (χ3n) is 2.89. The van der Waals surface area contributed by atoms with E-state index in [1.807, 2.05) is 0 Å². The first-order valence-corrected chi connectivity index (χ1v) is 6.95. The summed E-state index contributed by atoms with van der Waals surface area (Å²) in [6, 6.07) is 4.40. The summed E-state index contributed by atoms with van der Waals surface area (Å²) in [5.41, 5.74) is 6.19. The van der Waals surface area contributed by atoms with E-state index in [0.717, 1.165) is 25.6 Å². The molecular formula is C11H16BrNOS. The largest absolute Gasteiger partial charge is 0.381 e. The van der Waals surface area contributed by atoms with Crippen LogP contribution in [0.3, 0.4) is 0 Å². The molecule has 84 valence electrons. The Labute approximate surface area is 103 Å². The summed E-state index contributed by atoms with van der Waals surface area (Å²) in [7, 11) is 0. The topological polar surface area (TPSA) is 35.2 Å². The third-order valence-corrected chi connectivity index (χ3v) is 4.64. The molecule has 2 N–H and O–H groups in total. The zero-order valence-electron chi connectivity index (χ0n) is 8.62. The fourth-order valence-electron chi connectivity index (χ4n) is 1.98. The van der Waals surface area contributed by atoms with Gasteiger partial charge in [-0.15, -0.1) is 11.3 Å². The standard InChI is InChI=1S/C11H16BrNOS/c12-11-2-1-10(15-11)9(13)7-8-3-5-14-6-4-8/h1-2,8-9H,3-7,13H2. The van der Waals surface area contributed by atoms with Crippen LogP contribution >= 0.6 is 27.3 Å². The van der Waals surface area contributed by atoms with Gasteiger partial charge in [0.2, 0.25) is 0 Å². The highest BCUT2D eigenvalue weighted by Crippen LogP contribution is 2.31. The van der Waals surface area contributed by atoms with E-state index in [1.165, 1.54) is 21.5 Å². The van der Waals surface area contributed by atoms with Crippen LogP contribution in [-0.2, 0) is 4.74 Å². The van der Waals surface area contributed by atoms with Crippen LogP contribution in [0.2, 0.25) is 0 Å². The first-order chi connectivity index (χ1) is 7.25. The second-order valence-electron chi connectivity index (χ2n) is 4.04. The van der Waals surface area contributed by atoms with E-state index in [0.29, 0.717) is 0 Å². The van der Waals surface area contributed by atoms with Crippen LogP contribution in [-0.4, -0.2) is 13.2 Å². The lowest BCUT2D eigenvalue weighted by molar-refractivity contribution is 0.0619. The molecule has 4 heteroatoms. The molecule has 0 aromatic carbocycles. The maximum atomic E-state index is 6.19. The van der Waals surface area contributed by atoms with Gasteiger partial charge in [0, 0.05) is 24.1 Å². The zero-order chi connectivity index (χ0) is 10.7. The molecule has 0 amide bonds. The lowest BCUT2D eigenvalue weighted by atomic mass is 9.92. The van der Waals surface area contributed by atoms with Crippen molar-refractivity contribution < 1.29 is 4.74 Å². The number of hydrogen-bond donors (Lipinski definition) is 1. The van der Waals surface area contributed by atoms with E-state index < -0.39 is 0 Å².